The first-order valence-corrected chi connectivity index (χ1v) is 5.64. The van der Waals surface area contributed by atoms with Crippen molar-refractivity contribution in [3.8, 4) is 22.9 Å². The average Bonchev–Trinajstić information content (AvgIpc) is 2.37. The summed E-state index contributed by atoms with van der Waals surface area (Å²) in [6.45, 7) is 1.66. The number of aromatic amines is 1. The van der Waals surface area contributed by atoms with Gasteiger partial charge in [-0.1, -0.05) is 6.07 Å². The van der Waals surface area contributed by atoms with E-state index in [1.807, 2.05) is 0 Å². The second-order valence-electron chi connectivity index (χ2n) is 4.22. The summed E-state index contributed by atoms with van der Waals surface area (Å²) in [5, 5.41) is 27.6. The first-order chi connectivity index (χ1) is 9.43. The smallest absolute Gasteiger partial charge is 0.339 e. The Morgan fingerprint density at radius 3 is 2.60 bits per heavy atom. The highest BCUT2D eigenvalue weighted by Crippen LogP contribution is 2.28. The fourth-order valence-corrected chi connectivity index (χ4v) is 1.91. The van der Waals surface area contributed by atoms with E-state index in [0.29, 0.717) is 16.8 Å². The zero-order chi connectivity index (χ0) is 14.9. The van der Waals surface area contributed by atoms with Crippen molar-refractivity contribution in [3.05, 3.63) is 51.4 Å². The van der Waals surface area contributed by atoms with Crippen LogP contribution in [0.1, 0.15) is 21.6 Å². The molecule has 2 aromatic rings. The number of hydrogen-bond acceptors (Lipinski definition) is 4. The highest BCUT2D eigenvalue weighted by atomic mass is 16.4. The van der Waals surface area contributed by atoms with E-state index in [1.165, 1.54) is 18.2 Å². The van der Waals surface area contributed by atoms with E-state index in [0.717, 1.165) is 0 Å². The molecule has 0 bridgehead atoms. The van der Waals surface area contributed by atoms with Crippen LogP contribution in [0.3, 0.4) is 0 Å². The van der Waals surface area contributed by atoms with Crippen LogP contribution in [0, 0.1) is 18.3 Å². The number of carboxylic acid groups (broad SMARTS) is 1. The number of aromatic carboxylic acids is 1. The molecule has 0 aliphatic heterocycles. The van der Waals surface area contributed by atoms with Crippen molar-refractivity contribution >= 4 is 5.97 Å². The maximum absolute atomic E-state index is 11.7. The maximum Gasteiger partial charge on any atom is 0.339 e. The van der Waals surface area contributed by atoms with Crippen LogP contribution in [0.2, 0.25) is 0 Å². The molecule has 0 amide bonds. The second-order valence-corrected chi connectivity index (χ2v) is 4.22. The first kappa shape index (κ1) is 13.4. The van der Waals surface area contributed by atoms with Gasteiger partial charge in [0.1, 0.15) is 22.9 Å². The number of hydrogen-bond donors (Lipinski definition) is 3. The van der Waals surface area contributed by atoms with Crippen molar-refractivity contribution in [1.82, 2.24) is 4.98 Å². The lowest BCUT2D eigenvalue weighted by Crippen LogP contribution is -2.12. The van der Waals surface area contributed by atoms with Gasteiger partial charge in [0.25, 0.3) is 5.56 Å². The minimum absolute atomic E-state index is 0.0851. The molecule has 1 aromatic carbocycles. The number of pyridine rings is 1. The third-order valence-corrected chi connectivity index (χ3v) is 2.82. The van der Waals surface area contributed by atoms with Crippen LogP contribution in [0.5, 0.6) is 5.75 Å². The number of H-pyrrole nitrogens is 1. The predicted octanol–water partition coefficient (Wildman–Crippen LogP) is 1.63. The van der Waals surface area contributed by atoms with E-state index >= 15 is 0 Å². The number of benzene rings is 1. The molecule has 0 fully saturated rings. The topological polar surface area (TPSA) is 114 Å². The fraction of sp³-hybridized carbons (Fsp3) is 0.0714. The van der Waals surface area contributed by atoms with Gasteiger partial charge in [-0.05, 0) is 30.7 Å². The van der Waals surface area contributed by atoms with Gasteiger partial charge in [-0.3, -0.25) is 4.79 Å². The van der Waals surface area contributed by atoms with Gasteiger partial charge in [-0.25, -0.2) is 4.79 Å². The zero-order valence-corrected chi connectivity index (χ0v) is 10.5. The van der Waals surface area contributed by atoms with Crippen LogP contribution in [0.25, 0.3) is 11.1 Å². The van der Waals surface area contributed by atoms with E-state index in [9.17, 15) is 14.7 Å². The number of nitrogens with one attached hydrogen (secondary N) is 1. The van der Waals surface area contributed by atoms with Gasteiger partial charge in [-0.15, -0.1) is 0 Å². The van der Waals surface area contributed by atoms with Gasteiger partial charge >= 0.3 is 5.97 Å². The van der Waals surface area contributed by atoms with Crippen molar-refractivity contribution < 1.29 is 15.0 Å². The van der Waals surface area contributed by atoms with Gasteiger partial charge in [0, 0.05) is 11.3 Å². The summed E-state index contributed by atoms with van der Waals surface area (Å²) in [7, 11) is 0. The number of rotatable bonds is 2. The summed E-state index contributed by atoms with van der Waals surface area (Å²) in [6, 6.07) is 7.29. The van der Waals surface area contributed by atoms with Gasteiger partial charge in [-0.2, -0.15) is 5.26 Å². The number of aromatic nitrogens is 1. The molecule has 0 atom stereocenters. The second kappa shape index (κ2) is 4.90. The quantitative estimate of drug-likeness (QED) is 0.767. The van der Waals surface area contributed by atoms with Crippen molar-refractivity contribution in [2.75, 3.05) is 0 Å². The monoisotopic (exact) mass is 270 g/mol. The number of nitrogens with zero attached hydrogens (tertiary/aromatic N) is 1. The highest BCUT2D eigenvalue weighted by Gasteiger charge is 2.14. The summed E-state index contributed by atoms with van der Waals surface area (Å²) >= 11 is 0. The SMILES string of the molecule is Cc1cc(-c2ccc(C(=O)O)c(O)c2)c(C#N)c(=O)[nH]1. The number of aromatic hydroxyl groups is 1. The van der Waals surface area contributed by atoms with Crippen LogP contribution in [-0.2, 0) is 0 Å². The molecular formula is C14H10N2O4. The van der Waals surface area contributed by atoms with Gasteiger partial charge in [0.2, 0.25) is 0 Å². The molecule has 2 rings (SSSR count). The Hall–Kier alpha value is -3.07. The Balaban J connectivity index is 2.70. The zero-order valence-electron chi connectivity index (χ0n) is 10.5. The van der Waals surface area contributed by atoms with Gasteiger partial charge in [0.05, 0.1) is 0 Å². The summed E-state index contributed by atoms with van der Waals surface area (Å²) < 4.78 is 0. The third-order valence-electron chi connectivity index (χ3n) is 2.82. The number of carboxylic acids is 1. The van der Waals surface area contributed by atoms with Gasteiger partial charge < -0.3 is 15.2 Å². The van der Waals surface area contributed by atoms with Crippen LogP contribution in [0.15, 0.2) is 29.1 Å². The van der Waals surface area contributed by atoms with Crippen LogP contribution in [-0.4, -0.2) is 21.2 Å². The Kier molecular flexibility index (Phi) is 3.27. The summed E-state index contributed by atoms with van der Waals surface area (Å²) in [6.07, 6.45) is 0. The number of aryl methyl sites for hydroxylation is 1. The lowest BCUT2D eigenvalue weighted by molar-refractivity contribution is 0.0694. The first-order valence-electron chi connectivity index (χ1n) is 5.64. The number of carbonyl (C=O) groups is 1. The highest BCUT2D eigenvalue weighted by molar-refractivity contribution is 5.92. The van der Waals surface area contributed by atoms with Crippen molar-refractivity contribution in [1.29, 1.82) is 5.26 Å². The summed E-state index contributed by atoms with van der Waals surface area (Å²) in [4.78, 5) is 25.0. The minimum Gasteiger partial charge on any atom is -0.507 e. The normalized spacial score (nSPS) is 10.0. The minimum atomic E-state index is -1.25. The maximum atomic E-state index is 11.7. The molecule has 6 heteroatoms. The van der Waals surface area contributed by atoms with Crippen LogP contribution < -0.4 is 5.56 Å². The molecule has 0 radical (unpaired) electrons. The van der Waals surface area contributed by atoms with Crippen molar-refractivity contribution in [3.63, 3.8) is 0 Å². The van der Waals surface area contributed by atoms with Crippen molar-refractivity contribution in [2.45, 2.75) is 6.92 Å². The van der Waals surface area contributed by atoms with Gasteiger partial charge in [0.15, 0.2) is 0 Å². The molecular weight excluding hydrogens is 260 g/mol. The van der Waals surface area contributed by atoms with E-state index in [2.05, 4.69) is 4.98 Å². The molecule has 0 spiro atoms. The molecule has 6 nitrogen and oxygen atoms in total. The molecule has 0 aliphatic rings. The summed E-state index contributed by atoms with van der Waals surface area (Å²) in [5.41, 5.74) is 0.459. The molecule has 20 heavy (non-hydrogen) atoms. The molecule has 0 unspecified atom stereocenters. The summed E-state index contributed by atoms with van der Waals surface area (Å²) in [5.74, 6) is -1.67. The molecule has 1 aromatic heterocycles. The Bertz CT molecular complexity index is 800. The van der Waals surface area contributed by atoms with Crippen LogP contribution >= 0.6 is 0 Å². The predicted molar refractivity (Wildman–Crippen MR) is 70.6 cm³/mol. The van der Waals surface area contributed by atoms with Crippen molar-refractivity contribution in [2.24, 2.45) is 0 Å². The molecule has 0 saturated carbocycles. The lowest BCUT2D eigenvalue weighted by atomic mass is 9.99. The Morgan fingerprint density at radius 2 is 2.05 bits per heavy atom. The number of nitriles is 1. The molecule has 0 aliphatic carbocycles. The number of phenols is 1. The van der Waals surface area contributed by atoms with E-state index < -0.39 is 17.3 Å². The molecule has 1 heterocycles. The Morgan fingerprint density at radius 1 is 1.35 bits per heavy atom. The Labute approximate surface area is 113 Å². The lowest BCUT2D eigenvalue weighted by Gasteiger charge is -2.07. The average molecular weight is 270 g/mol. The van der Waals surface area contributed by atoms with E-state index in [-0.39, 0.29) is 11.1 Å². The van der Waals surface area contributed by atoms with E-state index in [1.54, 1.807) is 19.1 Å². The van der Waals surface area contributed by atoms with E-state index in [4.69, 9.17) is 10.4 Å². The standard InChI is InChI=1S/C14H10N2O4/c1-7-4-10(11(6-15)13(18)16-7)8-2-3-9(14(19)20)12(17)5-8/h2-5,17H,1H3,(H,16,18)(H,19,20). The molecule has 0 saturated heterocycles. The third kappa shape index (κ3) is 2.24. The van der Waals surface area contributed by atoms with Crippen LogP contribution in [0.4, 0.5) is 0 Å². The largest absolute Gasteiger partial charge is 0.507 e. The molecule has 3 N–H and O–H groups in total. The molecule has 100 valence electrons. The fourth-order valence-electron chi connectivity index (χ4n) is 1.91.